The lowest BCUT2D eigenvalue weighted by molar-refractivity contribution is -0.115. The molecular formula is C11H12BrFO2. The third-order valence-corrected chi connectivity index (χ3v) is 2.47. The molecule has 15 heavy (non-hydrogen) atoms. The van der Waals surface area contributed by atoms with Crippen molar-refractivity contribution >= 4 is 21.7 Å². The minimum absolute atomic E-state index is 0.0593. The predicted molar refractivity (Wildman–Crippen MR) is 60.1 cm³/mol. The maximum atomic E-state index is 13.2. The molecule has 4 heteroatoms. The smallest absolute Gasteiger partial charge is 0.165 e. The molecule has 0 aromatic heterocycles. The van der Waals surface area contributed by atoms with E-state index in [1.165, 1.54) is 6.07 Å². The molecule has 0 N–H and O–H groups in total. The standard InChI is InChI=1S/C11H12BrFO2/c1-2-15-11-6-8(3-4-10(11)13)5-9(14)7-12/h3-4,6H,2,5,7H2,1H3. The summed E-state index contributed by atoms with van der Waals surface area (Å²) in [6.45, 7) is 2.20. The second-order valence-corrected chi connectivity index (χ2v) is 3.61. The molecule has 2 nitrogen and oxygen atoms in total. The van der Waals surface area contributed by atoms with Gasteiger partial charge in [-0.15, -0.1) is 0 Å². The van der Waals surface area contributed by atoms with Crippen LogP contribution in [0.15, 0.2) is 18.2 Å². The summed E-state index contributed by atoms with van der Waals surface area (Å²) in [6.07, 6.45) is 0.297. The Morgan fingerprint density at radius 3 is 2.87 bits per heavy atom. The first-order valence-corrected chi connectivity index (χ1v) is 5.78. The number of ether oxygens (including phenoxy) is 1. The third kappa shape index (κ3) is 3.63. The SMILES string of the molecule is CCOc1cc(CC(=O)CBr)ccc1F. The van der Waals surface area contributed by atoms with Crippen molar-refractivity contribution in [3.8, 4) is 5.75 Å². The lowest BCUT2D eigenvalue weighted by Gasteiger charge is -2.06. The largest absolute Gasteiger partial charge is 0.491 e. The van der Waals surface area contributed by atoms with E-state index in [1.807, 2.05) is 0 Å². The minimum Gasteiger partial charge on any atom is -0.491 e. The van der Waals surface area contributed by atoms with Gasteiger partial charge in [0.2, 0.25) is 0 Å². The van der Waals surface area contributed by atoms with Gasteiger partial charge in [0.15, 0.2) is 11.6 Å². The zero-order valence-corrected chi connectivity index (χ0v) is 10.0. The summed E-state index contributed by atoms with van der Waals surface area (Å²) >= 11 is 3.08. The van der Waals surface area contributed by atoms with E-state index in [0.29, 0.717) is 18.4 Å². The van der Waals surface area contributed by atoms with Gasteiger partial charge in [0.1, 0.15) is 5.78 Å². The highest BCUT2D eigenvalue weighted by Gasteiger charge is 2.07. The van der Waals surface area contributed by atoms with Crippen LogP contribution in [0.4, 0.5) is 4.39 Å². The highest BCUT2D eigenvalue weighted by Crippen LogP contribution is 2.19. The van der Waals surface area contributed by atoms with Crippen molar-refractivity contribution in [3.05, 3.63) is 29.6 Å². The first kappa shape index (κ1) is 12.2. The van der Waals surface area contributed by atoms with Crippen molar-refractivity contribution in [1.29, 1.82) is 0 Å². The Labute approximate surface area is 96.6 Å². The Morgan fingerprint density at radius 2 is 2.27 bits per heavy atom. The molecule has 0 amide bonds. The minimum atomic E-state index is -0.396. The fourth-order valence-corrected chi connectivity index (χ4v) is 1.40. The predicted octanol–water partition coefficient (Wildman–Crippen LogP) is 2.73. The van der Waals surface area contributed by atoms with Crippen molar-refractivity contribution in [3.63, 3.8) is 0 Å². The van der Waals surface area contributed by atoms with Crippen LogP contribution >= 0.6 is 15.9 Å². The second kappa shape index (κ2) is 5.85. The van der Waals surface area contributed by atoms with Gasteiger partial charge in [0.25, 0.3) is 0 Å². The number of Topliss-reactive ketones (excluding diaryl/α,β-unsaturated/α-hetero) is 1. The van der Waals surface area contributed by atoms with Gasteiger partial charge < -0.3 is 4.74 Å². The van der Waals surface area contributed by atoms with Gasteiger partial charge in [-0.3, -0.25) is 4.79 Å². The molecule has 82 valence electrons. The fourth-order valence-electron chi connectivity index (χ4n) is 1.20. The average Bonchev–Trinajstić information content (AvgIpc) is 2.23. The maximum absolute atomic E-state index is 13.2. The van der Waals surface area contributed by atoms with Gasteiger partial charge in [-0.2, -0.15) is 0 Å². The molecule has 0 aliphatic carbocycles. The van der Waals surface area contributed by atoms with Gasteiger partial charge >= 0.3 is 0 Å². The van der Waals surface area contributed by atoms with Crippen molar-refractivity contribution in [2.75, 3.05) is 11.9 Å². The summed E-state index contributed by atoms with van der Waals surface area (Å²) in [4.78, 5) is 11.2. The number of ketones is 1. The Kier molecular flexibility index (Phi) is 4.75. The van der Waals surface area contributed by atoms with Gasteiger partial charge in [-0.1, -0.05) is 22.0 Å². The highest BCUT2D eigenvalue weighted by atomic mass is 79.9. The quantitative estimate of drug-likeness (QED) is 0.772. The van der Waals surface area contributed by atoms with E-state index in [4.69, 9.17) is 4.74 Å². The molecule has 0 aliphatic rings. The van der Waals surface area contributed by atoms with Gasteiger partial charge in [-0.25, -0.2) is 4.39 Å². The second-order valence-electron chi connectivity index (χ2n) is 3.05. The van der Waals surface area contributed by atoms with Crippen molar-refractivity contribution < 1.29 is 13.9 Å². The first-order chi connectivity index (χ1) is 7.17. The van der Waals surface area contributed by atoms with Crippen LogP contribution in [-0.2, 0) is 11.2 Å². The molecule has 0 heterocycles. The first-order valence-electron chi connectivity index (χ1n) is 4.66. The van der Waals surface area contributed by atoms with E-state index in [-0.39, 0.29) is 11.5 Å². The zero-order valence-electron chi connectivity index (χ0n) is 8.43. The van der Waals surface area contributed by atoms with Crippen molar-refractivity contribution in [2.24, 2.45) is 0 Å². The Balaban J connectivity index is 2.82. The zero-order chi connectivity index (χ0) is 11.3. The van der Waals surface area contributed by atoms with Gasteiger partial charge in [0.05, 0.1) is 11.9 Å². The Bertz CT molecular complexity index is 352. The summed E-state index contributed by atoms with van der Waals surface area (Å²) < 4.78 is 18.3. The van der Waals surface area contributed by atoms with Crippen molar-refractivity contribution in [2.45, 2.75) is 13.3 Å². The molecule has 0 atom stereocenters. The fraction of sp³-hybridized carbons (Fsp3) is 0.364. The molecule has 0 saturated carbocycles. The third-order valence-electron chi connectivity index (χ3n) is 1.85. The Hall–Kier alpha value is -0.900. The van der Waals surface area contributed by atoms with Crippen LogP contribution in [0, 0.1) is 5.82 Å². The monoisotopic (exact) mass is 274 g/mol. The number of hydrogen-bond donors (Lipinski definition) is 0. The summed E-state index contributed by atoms with van der Waals surface area (Å²) in [6, 6.07) is 4.49. The van der Waals surface area contributed by atoms with E-state index in [1.54, 1.807) is 19.1 Å². The molecule has 1 aromatic carbocycles. The van der Waals surface area contributed by atoms with E-state index in [9.17, 15) is 9.18 Å². The van der Waals surface area contributed by atoms with Crippen LogP contribution in [0.5, 0.6) is 5.75 Å². The number of halogens is 2. The van der Waals surface area contributed by atoms with Crippen LogP contribution in [0.25, 0.3) is 0 Å². The lowest BCUT2D eigenvalue weighted by Crippen LogP contribution is -2.04. The molecule has 0 aliphatic heterocycles. The highest BCUT2D eigenvalue weighted by molar-refractivity contribution is 9.09. The number of carbonyl (C=O) groups is 1. The van der Waals surface area contributed by atoms with Crippen LogP contribution in [0.2, 0.25) is 0 Å². The van der Waals surface area contributed by atoms with E-state index in [0.717, 1.165) is 5.56 Å². The average molecular weight is 275 g/mol. The molecule has 1 rings (SSSR count). The van der Waals surface area contributed by atoms with Gasteiger partial charge in [-0.05, 0) is 24.6 Å². The molecule has 0 fully saturated rings. The topological polar surface area (TPSA) is 26.3 Å². The van der Waals surface area contributed by atoms with E-state index < -0.39 is 5.82 Å². The molecule has 0 radical (unpaired) electrons. The van der Waals surface area contributed by atoms with Crippen molar-refractivity contribution in [1.82, 2.24) is 0 Å². The Morgan fingerprint density at radius 1 is 1.53 bits per heavy atom. The normalized spacial score (nSPS) is 10.1. The summed E-state index contributed by atoms with van der Waals surface area (Å²) in [5.74, 6) is -0.131. The van der Waals surface area contributed by atoms with Crippen LogP contribution in [0.1, 0.15) is 12.5 Å². The van der Waals surface area contributed by atoms with E-state index in [2.05, 4.69) is 15.9 Å². The lowest BCUT2D eigenvalue weighted by atomic mass is 10.1. The van der Waals surface area contributed by atoms with Crippen LogP contribution in [0.3, 0.4) is 0 Å². The number of alkyl halides is 1. The summed E-state index contributed by atoms with van der Waals surface area (Å²) in [5, 5.41) is 0.314. The molecule has 0 saturated heterocycles. The molecule has 0 unspecified atom stereocenters. The molecular weight excluding hydrogens is 263 g/mol. The summed E-state index contributed by atoms with van der Waals surface area (Å²) in [7, 11) is 0. The summed E-state index contributed by atoms with van der Waals surface area (Å²) in [5.41, 5.74) is 0.768. The number of hydrogen-bond acceptors (Lipinski definition) is 2. The van der Waals surface area contributed by atoms with Gasteiger partial charge in [0, 0.05) is 6.42 Å². The van der Waals surface area contributed by atoms with Crippen LogP contribution < -0.4 is 4.74 Å². The molecule has 0 bridgehead atoms. The number of carbonyl (C=O) groups excluding carboxylic acids is 1. The molecule has 0 spiro atoms. The van der Waals surface area contributed by atoms with Crippen LogP contribution in [-0.4, -0.2) is 17.7 Å². The molecule has 1 aromatic rings. The number of rotatable bonds is 5. The van der Waals surface area contributed by atoms with E-state index >= 15 is 0 Å². The number of benzene rings is 1. The maximum Gasteiger partial charge on any atom is 0.165 e.